The van der Waals surface area contributed by atoms with Gasteiger partial charge in [0, 0.05) is 49.0 Å². The minimum atomic E-state index is 0.00426. The van der Waals surface area contributed by atoms with E-state index in [1.54, 1.807) is 11.8 Å². The van der Waals surface area contributed by atoms with Gasteiger partial charge in [0.05, 0.1) is 17.8 Å². The zero-order valence-electron chi connectivity index (χ0n) is 16.2. The second-order valence-electron chi connectivity index (χ2n) is 7.52. The minimum Gasteiger partial charge on any atom is -0.384 e. The summed E-state index contributed by atoms with van der Waals surface area (Å²) in [6.45, 7) is 11.6. The largest absolute Gasteiger partial charge is 0.384 e. The van der Waals surface area contributed by atoms with Gasteiger partial charge in [0.15, 0.2) is 0 Å². The Kier molecular flexibility index (Phi) is 4.94. The van der Waals surface area contributed by atoms with Gasteiger partial charge < -0.3 is 20.4 Å². The number of hydrogen-bond acceptors (Lipinski definition) is 4. The highest BCUT2D eigenvalue weighted by Gasteiger charge is 2.37. The van der Waals surface area contributed by atoms with Crippen molar-refractivity contribution in [2.24, 2.45) is 0 Å². The normalized spacial score (nSPS) is 19.9. The minimum absolute atomic E-state index is 0.00426. The average molecular weight is 356 g/mol. The number of fused-ring (bicyclic) bond motifs is 1. The molecule has 3 rings (SSSR count). The Balaban J connectivity index is 2.10. The first-order valence-corrected chi connectivity index (χ1v) is 9.26. The molecule has 0 aromatic heterocycles. The first kappa shape index (κ1) is 18.3. The SMILES string of the molecule is CC(=O)N1CCN/C(=C2\C(=O)N(C(C)C)c3ccc(NC(C)C)cc32)C1. The highest BCUT2D eigenvalue weighted by Crippen LogP contribution is 2.41. The number of anilines is 2. The molecule has 1 fully saturated rings. The summed E-state index contributed by atoms with van der Waals surface area (Å²) in [5.74, 6) is 0.0378. The maximum absolute atomic E-state index is 13.2. The molecule has 2 amide bonds. The third-order valence-corrected chi connectivity index (χ3v) is 4.75. The summed E-state index contributed by atoms with van der Waals surface area (Å²) in [4.78, 5) is 28.6. The van der Waals surface area contributed by atoms with Crippen molar-refractivity contribution in [1.82, 2.24) is 10.2 Å². The van der Waals surface area contributed by atoms with Crippen molar-refractivity contribution < 1.29 is 9.59 Å². The van der Waals surface area contributed by atoms with Gasteiger partial charge in [-0.25, -0.2) is 0 Å². The molecule has 0 bridgehead atoms. The molecule has 2 N–H and O–H groups in total. The molecule has 0 atom stereocenters. The van der Waals surface area contributed by atoms with Crippen molar-refractivity contribution >= 4 is 28.8 Å². The molecule has 140 valence electrons. The fraction of sp³-hybridized carbons (Fsp3) is 0.500. The van der Waals surface area contributed by atoms with Crippen LogP contribution in [-0.4, -0.2) is 48.4 Å². The predicted octanol–water partition coefficient (Wildman–Crippen LogP) is 2.42. The highest BCUT2D eigenvalue weighted by molar-refractivity contribution is 6.33. The molecule has 6 nitrogen and oxygen atoms in total. The lowest BCUT2D eigenvalue weighted by molar-refractivity contribution is -0.129. The highest BCUT2D eigenvalue weighted by atomic mass is 16.2. The van der Waals surface area contributed by atoms with Gasteiger partial charge in [-0.05, 0) is 45.9 Å². The van der Waals surface area contributed by atoms with E-state index >= 15 is 0 Å². The standard InChI is InChI=1S/C20H28N4O2/c1-12(2)22-15-6-7-18-16(10-15)19(20(26)24(18)13(3)4)17-11-23(14(5)25)9-8-21-17/h6-7,10,12-13,21-22H,8-9,11H2,1-5H3/b19-17-. The van der Waals surface area contributed by atoms with Gasteiger partial charge in [0.1, 0.15) is 0 Å². The van der Waals surface area contributed by atoms with Crippen LogP contribution >= 0.6 is 0 Å². The van der Waals surface area contributed by atoms with Crippen molar-refractivity contribution in [3.8, 4) is 0 Å². The molecule has 2 aliphatic heterocycles. The molecular weight excluding hydrogens is 328 g/mol. The zero-order chi connectivity index (χ0) is 19.0. The van der Waals surface area contributed by atoms with E-state index in [1.807, 2.05) is 36.9 Å². The van der Waals surface area contributed by atoms with Crippen molar-refractivity contribution in [1.29, 1.82) is 0 Å². The molecule has 0 aliphatic carbocycles. The number of nitrogens with one attached hydrogen (secondary N) is 2. The molecule has 1 saturated heterocycles. The van der Waals surface area contributed by atoms with Crippen LogP contribution in [0.25, 0.3) is 5.57 Å². The lowest BCUT2D eigenvalue weighted by Crippen LogP contribution is -2.45. The van der Waals surface area contributed by atoms with Crippen LogP contribution in [0.3, 0.4) is 0 Å². The van der Waals surface area contributed by atoms with Gasteiger partial charge in [-0.15, -0.1) is 0 Å². The molecule has 26 heavy (non-hydrogen) atoms. The van der Waals surface area contributed by atoms with Crippen LogP contribution in [0.1, 0.15) is 40.2 Å². The van der Waals surface area contributed by atoms with Crippen LogP contribution < -0.4 is 15.5 Å². The summed E-state index contributed by atoms with van der Waals surface area (Å²) < 4.78 is 0. The molecule has 0 unspecified atom stereocenters. The smallest absolute Gasteiger partial charge is 0.261 e. The predicted molar refractivity (Wildman–Crippen MR) is 105 cm³/mol. The molecule has 2 aliphatic rings. The Morgan fingerprint density at radius 3 is 2.58 bits per heavy atom. The van der Waals surface area contributed by atoms with Crippen LogP contribution in [0.4, 0.5) is 11.4 Å². The fourth-order valence-corrected chi connectivity index (χ4v) is 3.62. The monoisotopic (exact) mass is 356 g/mol. The van der Waals surface area contributed by atoms with E-state index in [-0.39, 0.29) is 17.9 Å². The molecule has 0 radical (unpaired) electrons. The first-order valence-electron chi connectivity index (χ1n) is 9.26. The van der Waals surface area contributed by atoms with Crippen molar-refractivity contribution in [2.75, 3.05) is 29.9 Å². The van der Waals surface area contributed by atoms with Gasteiger partial charge >= 0.3 is 0 Å². The van der Waals surface area contributed by atoms with Crippen molar-refractivity contribution in [2.45, 2.75) is 46.7 Å². The summed E-state index contributed by atoms with van der Waals surface area (Å²) in [6.07, 6.45) is 0. The Morgan fingerprint density at radius 2 is 1.96 bits per heavy atom. The van der Waals surface area contributed by atoms with Crippen LogP contribution in [-0.2, 0) is 9.59 Å². The number of hydrogen-bond donors (Lipinski definition) is 2. The van der Waals surface area contributed by atoms with Gasteiger partial charge in [-0.2, -0.15) is 0 Å². The first-order chi connectivity index (χ1) is 12.3. The molecule has 1 aromatic rings. The van der Waals surface area contributed by atoms with Gasteiger partial charge in [-0.1, -0.05) is 0 Å². The molecule has 0 saturated carbocycles. The number of carbonyl (C=O) groups is 2. The number of amides is 2. The number of carbonyl (C=O) groups excluding carboxylic acids is 2. The summed E-state index contributed by atoms with van der Waals surface area (Å²) in [7, 11) is 0. The van der Waals surface area contributed by atoms with E-state index in [4.69, 9.17) is 0 Å². The summed E-state index contributed by atoms with van der Waals surface area (Å²) >= 11 is 0. The van der Waals surface area contributed by atoms with Crippen LogP contribution in [0.2, 0.25) is 0 Å². The van der Waals surface area contributed by atoms with Crippen LogP contribution in [0.15, 0.2) is 23.9 Å². The second kappa shape index (κ2) is 7.02. The lowest BCUT2D eigenvalue weighted by Gasteiger charge is -2.30. The van der Waals surface area contributed by atoms with E-state index < -0.39 is 0 Å². The Morgan fingerprint density at radius 1 is 1.23 bits per heavy atom. The average Bonchev–Trinajstić information content (AvgIpc) is 2.85. The summed E-state index contributed by atoms with van der Waals surface area (Å²) in [6, 6.07) is 6.45. The molecule has 2 heterocycles. The second-order valence-corrected chi connectivity index (χ2v) is 7.52. The van der Waals surface area contributed by atoms with Crippen LogP contribution in [0.5, 0.6) is 0 Å². The Hall–Kier alpha value is -2.50. The maximum atomic E-state index is 13.2. The number of rotatable bonds is 3. The number of nitrogens with zero attached hydrogens (tertiary/aromatic N) is 2. The Labute approximate surface area is 155 Å². The molecule has 0 spiro atoms. The van der Waals surface area contributed by atoms with E-state index in [1.165, 1.54) is 0 Å². The molecule has 1 aromatic carbocycles. The maximum Gasteiger partial charge on any atom is 0.261 e. The summed E-state index contributed by atoms with van der Waals surface area (Å²) in [5, 5.41) is 6.76. The van der Waals surface area contributed by atoms with E-state index in [9.17, 15) is 9.59 Å². The molecular formula is C20H28N4O2. The van der Waals surface area contributed by atoms with Crippen molar-refractivity contribution in [3.05, 3.63) is 29.5 Å². The third kappa shape index (κ3) is 3.28. The van der Waals surface area contributed by atoms with E-state index in [2.05, 4.69) is 24.5 Å². The third-order valence-electron chi connectivity index (χ3n) is 4.75. The fourth-order valence-electron chi connectivity index (χ4n) is 3.62. The van der Waals surface area contributed by atoms with E-state index in [0.717, 1.165) is 22.6 Å². The van der Waals surface area contributed by atoms with Crippen LogP contribution in [0, 0.1) is 0 Å². The van der Waals surface area contributed by atoms with Gasteiger partial charge in [0.2, 0.25) is 5.91 Å². The van der Waals surface area contributed by atoms with Crippen molar-refractivity contribution in [3.63, 3.8) is 0 Å². The number of piperazine rings is 1. The van der Waals surface area contributed by atoms with Gasteiger partial charge in [-0.3, -0.25) is 9.59 Å². The topological polar surface area (TPSA) is 64.7 Å². The molecule has 6 heteroatoms. The Bertz CT molecular complexity index is 767. The van der Waals surface area contributed by atoms with E-state index in [0.29, 0.717) is 31.2 Å². The lowest BCUT2D eigenvalue weighted by atomic mass is 10.0. The quantitative estimate of drug-likeness (QED) is 0.817. The number of benzene rings is 1. The zero-order valence-corrected chi connectivity index (χ0v) is 16.2. The van der Waals surface area contributed by atoms with Gasteiger partial charge in [0.25, 0.3) is 5.91 Å². The summed E-state index contributed by atoms with van der Waals surface area (Å²) in [5.41, 5.74) is 4.38.